The van der Waals surface area contributed by atoms with Gasteiger partial charge in [-0.15, -0.1) is 0 Å². The Bertz CT molecular complexity index is 1220. The van der Waals surface area contributed by atoms with Crippen LogP contribution in [0.4, 0.5) is 5.13 Å². The van der Waals surface area contributed by atoms with Crippen molar-refractivity contribution in [1.29, 1.82) is 0 Å². The molecule has 8 heteroatoms. The van der Waals surface area contributed by atoms with Crippen LogP contribution in [-0.4, -0.2) is 39.5 Å². The van der Waals surface area contributed by atoms with Crippen LogP contribution >= 0.6 is 22.9 Å². The second-order valence-corrected chi connectivity index (χ2v) is 8.95. The Hall–Kier alpha value is -2.48. The molecule has 1 saturated heterocycles. The third-order valence-electron chi connectivity index (χ3n) is 5.48. The van der Waals surface area contributed by atoms with Crippen LogP contribution in [0, 0.1) is 13.8 Å². The van der Waals surface area contributed by atoms with Crippen LogP contribution < -0.4 is 4.90 Å². The third-order valence-corrected chi connectivity index (χ3v) is 7.02. The quantitative estimate of drug-likeness (QED) is 0.446. The summed E-state index contributed by atoms with van der Waals surface area (Å²) in [5.41, 5.74) is 3.86. The summed E-state index contributed by atoms with van der Waals surface area (Å²) in [7, 11) is 0. The minimum Gasteiger partial charge on any atom is -0.376 e. The second-order valence-electron chi connectivity index (χ2n) is 7.56. The lowest BCUT2D eigenvalue weighted by Gasteiger charge is -2.23. The lowest BCUT2D eigenvalue weighted by atomic mass is 10.2. The summed E-state index contributed by atoms with van der Waals surface area (Å²) >= 11 is 7.87. The van der Waals surface area contributed by atoms with Crippen molar-refractivity contribution >= 4 is 49.8 Å². The van der Waals surface area contributed by atoms with E-state index in [1.54, 1.807) is 4.90 Å². The first kappa shape index (κ1) is 19.5. The van der Waals surface area contributed by atoms with Crippen molar-refractivity contribution in [2.75, 3.05) is 18.1 Å². The largest absolute Gasteiger partial charge is 0.376 e. The van der Waals surface area contributed by atoms with Crippen LogP contribution in [0.5, 0.6) is 0 Å². The molecule has 0 saturated carbocycles. The number of anilines is 1. The molecule has 1 aliphatic heterocycles. The highest BCUT2D eigenvalue weighted by Gasteiger charge is 2.30. The zero-order valence-corrected chi connectivity index (χ0v) is 18.3. The molecule has 5 rings (SSSR count). The van der Waals surface area contributed by atoms with E-state index in [2.05, 4.69) is 4.98 Å². The number of ether oxygens (including phenoxy) is 1. The summed E-state index contributed by atoms with van der Waals surface area (Å²) in [6, 6.07) is 9.54. The SMILES string of the molecule is Cc1nc2ccccn2c1C(=O)N(CC1CCCO1)c1nc2c(C)ccc(Cl)c2s1. The molecular formula is C22H21ClN4O2S. The Kier molecular flexibility index (Phi) is 4.97. The highest BCUT2D eigenvalue weighted by Crippen LogP contribution is 2.36. The van der Waals surface area contributed by atoms with Crippen LogP contribution in [0.2, 0.25) is 5.02 Å². The lowest BCUT2D eigenvalue weighted by molar-refractivity contribution is 0.0912. The Morgan fingerprint density at radius 1 is 1.30 bits per heavy atom. The summed E-state index contributed by atoms with van der Waals surface area (Å²) in [4.78, 5) is 24.9. The van der Waals surface area contributed by atoms with Gasteiger partial charge in [0, 0.05) is 12.8 Å². The molecular weight excluding hydrogens is 420 g/mol. The molecule has 4 heterocycles. The molecule has 0 N–H and O–H groups in total. The van der Waals surface area contributed by atoms with Crippen molar-refractivity contribution in [2.45, 2.75) is 32.8 Å². The van der Waals surface area contributed by atoms with E-state index < -0.39 is 0 Å². The number of carbonyl (C=O) groups is 1. The van der Waals surface area contributed by atoms with E-state index in [1.807, 2.05) is 54.8 Å². The van der Waals surface area contributed by atoms with Crippen LogP contribution in [0.25, 0.3) is 15.9 Å². The van der Waals surface area contributed by atoms with E-state index in [0.29, 0.717) is 28.1 Å². The number of pyridine rings is 1. The van der Waals surface area contributed by atoms with E-state index in [4.69, 9.17) is 21.3 Å². The van der Waals surface area contributed by atoms with Crippen LogP contribution in [0.15, 0.2) is 36.5 Å². The number of benzene rings is 1. The van der Waals surface area contributed by atoms with Gasteiger partial charge in [0.25, 0.3) is 5.91 Å². The predicted octanol–water partition coefficient (Wildman–Crippen LogP) is 5.04. The van der Waals surface area contributed by atoms with Crippen LogP contribution in [-0.2, 0) is 4.74 Å². The van der Waals surface area contributed by atoms with E-state index in [-0.39, 0.29) is 12.0 Å². The van der Waals surface area contributed by atoms with Gasteiger partial charge in [0.05, 0.1) is 33.6 Å². The molecule has 154 valence electrons. The number of rotatable bonds is 4. The topological polar surface area (TPSA) is 59.7 Å². The molecule has 30 heavy (non-hydrogen) atoms. The summed E-state index contributed by atoms with van der Waals surface area (Å²) < 4.78 is 8.58. The van der Waals surface area contributed by atoms with E-state index in [1.165, 1.54) is 11.3 Å². The highest BCUT2D eigenvalue weighted by atomic mass is 35.5. The zero-order chi connectivity index (χ0) is 20.8. The maximum atomic E-state index is 13.8. The molecule has 0 aliphatic carbocycles. The molecule has 6 nitrogen and oxygen atoms in total. The van der Waals surface area contributed by atoms with Crippen molar-refractivity contribution in [3.05, 3.63) is 58.5 Å². The number of imidazole rings is 1. The summed E-state index contributed by atoms with van der Waals surface area (Å²) in [5, 5.41) is 1.28. The first-order valence-electron chi connectivity index (χ1n) is 9.95. The number of aryl methyl sites for hydroxylation is 2. The Morgan fingerprint density at radius 2 is 2.17 bits per heavy atom. The fourth-order valence-corrected chi connectivity index (χ4v) is 5.27. The number of thiazole rings is 1. The Balaban J connectivity index is 1.63. The van der Waals surface area contributed by atoms with Gasteiger partial charge in [-0.3, -0.25) is 14.1 Å². The van der Waals surface area contributed by atoms with Gasteiger partial charge in [0.2, 0.25) is 0 Å². The van der Waals surface area contributed by atoms with Crippen molar-refractivity contribution in [3.8, 4) is 0 Å². The molecule has 1 fully saturated rings. The normalized spacial score (nSPS) is 16.6. The van der Waals surface area contributed by atoms with E-state index >= 15 is 0 Å². The molecule has 1 amide bonds. The van der Waals surface area contributed by atoms with Crippen LogP contribution in [0.3, 0.4) is 0 Å². The molecule has 0 spiro atoms. The van der Waals surface area contributed by atoms with Gasteiger partial charge in [-0.1, -0.05) is 35.1 Å². The zero-order valence-electron chi connectivity index (χ0n) is 16.8. The minimum absolute atomic E-state index is 0.00276. The van der Waals surface area contributed by atoms with Gasteiger partial charge in [0.1, 0.15) is 11.3 Å². The average Bonchev–Trinajstić information content (AvgIpc) is 3.46. The number of aromatic nitrogens is 3. The fraction of sp³-hybridized carbons (Fsp3) is 0.318. The number of fused-ring (bicyclic) bond motifs is 2. The number of nitrogens with zero attached hydrogens (tertiary/aromatic N) is 4. The number of halogens is 1. The van der Waals surface area contributed by atoms with Crippen molar-refractivity contribution in [2.24, 2.45) is 0 Å². The van der Waals surface area contributed by atoms with Gasteiger partial charge >= 0.3 is 0 Å². The summed E-state index contributed by atoms with van der Waals surface area (Å²) in [6.07, 6.45) is 3.80. The van der Waals surface area contributed by atoms with Gasteiger partial charge < -0.3 is 4.74 Å². The summed E-state index contributed by atoms with van der Waals surface area (Å²) in [5.74, 6) is -0.130. The molecule has 1 atom stereocenters. The van der Waals surface area contributed by atoms with Gasteiger partial charge in [0.15, 0.2) is 5.13 Å². The van der Waals surface area contributed by atoms with Crippen molar-refractivity contribution in [3.63, 3.8) is 0 Å². The number of carbonyl (C=O) groups excluding carboxylic acids is 1. The van der Waals surface area contributed by atoms with Crippen molar-refractivity contribution < 1.29 is 9.53 Å². The summed E-state index contributed by atoms with van der Waals surface area (Å²) in [6.45, 7) is 5.05. The average molecular weight is 441 g/mol. The highest BCUT2D eigenvalue weighted by molar-refractivity contribution is 7.23. The number of amides is 1. The Morgan fingerprint density at radius 3 is 2.93 bits per heavy atom. The van der Waals surface area contributed by atoms with Crippen molar-refractivity contribution in [1.82, 2.24) is 14.4 Å². The van der Waals surface area contributed by atoms with Gasteiger partial charge in [-0.05, 0) is 50.5 Å². The molecule has 3 aromatic heterocycles. The molecule has 4 aromatic rings. The molecule has 0 bridgehead atoms. The number of hydrogen-bond donors (Lipinski definition) is 0. The molecule has 1 unspecified atom stereocenters. The van der Waals surface area contributed by atoms with Gasteiger partial charge in [-0.2, -0.15) is 0 Å². The second kappa shape index (κ2) is 7.65. The van der Waals surface area contributed by atoms with E-state index in [9.17, 15) is 4.79 Å². The number of hydrogen-bond acceptors (Lipinski definition) is 5. The minimum atomic E-state index is -0.130. The first-order chi connectivity index (χ1) is 14.5. The maximum Gasteiger partial charge on any atom is 0.279 e. The fourth-order valence-electron chi connectivity index (χ4n) is 3.95. The monoisotopic (exact) mass is 440 g/mol. The molecule has 1 aliphatic rings. The Labute approximate surface area is 183 Å². The molecule has 0 radical (unpaired) electrons. The predicted molar refractivity (Wildman–Crippen MR) is 120 cm³/mol. The van der Waals surface area contributed by atoms with Gasteiger partial charge in [-0.25, -0.2) is 9.97 Å². The van der Waals surface area contributed by atoms with E-state index in [0.717, 1.165) is 40.9 Å². The standard InChI is InChI=1S/C22H21ClN4O2S/c1-13-8-9-16(23)20-18(13)25-22(30-20)27(12-15-6-5-11-29-15)21(28)19-14(2)24-17-7-3-4-10-26(17)19/h3-4,7-10,15H,5-6,11-12H2,1-2H3. The lowest BCUT2D eigenvalue weighted by Crippen LogP contribution is -2.38. The smallest absolute Gasteiger partial charge is 0.279 e. The third kappa shape index (κ3) is 3.27. The molecule has 1 aromatic carbocycles. The first-order valence-corrected chi connectivity index (χ1v) is 11.1. The van der Waals surface area contributed by atoms with Crippen LogP contribution in [0.1, 0.15) is 34.6 Å². The maximum absolute atomic E-state index is 13.8.